The van der Waals surface area contributed by atoms with Crippen LogP contribution in [-0.4, -0.2) is 5.33 Å². The van der Waals surface area contributed by atoms with Crippen LogP contribution in [-0.2, 0) is 0 Å². The summed E-state index contributed by atoms with van der Waals surface area (Å²) in [5.41, 5.74) is 1.32. The van der Waals surface area contributed by atoms with Gasteiger partial charge in [0.15, 0.2) is 0 Å². The first-order valence-electron chi connectivity index (χ1n) is 3.62. The predicted molar refractivity (Wildman–Crippen MR) is 53.2 cm³/mol. The van der Waals surface area contributed by atoms with Gasteiger partial charge in [-0.25, -0.2) is 0 Å². The van der Waals surface area contributed by atoms with Crippen molar-refractivity contribution >= 4 is 15.9 Å². The zero-order chi connectivity index (χ0) is 8.10. The van der Waals surface area contributed by atoms with Crippen LogP contribution in [0.5, 0.6) is 0 Å². The molecule has 0 nitrogen and oxygen atoms in total. The maximum Gasteiger partial charge on any atom is 0.0135 e. The fourth-order valence-corrected chi connectivity index (χ4v) is 1.63. The minimum absolute atomic E-state index is 0.441. The summed E-state index contributed by atoms with van der Waals surface area (Å²) in [6.45, 7) is 3.78. The molecule has 1 atom stereocenters. The third-order valence-electron chi connectivity index (χ3n) is 1.68. The molecule has 0 heterocycles. The van der Waals surface area contributed by atoms with E-state index in [1.165, 1.54) is 5.56 Å². The average Bonchev–Trinajstić information content (AvgIpc) is 2.09. The Morgan fingerprint density at radius 2 is 2.00 bits per heavy atom. The Hall–Kier alpha value is -0.560. The van der Waals surface area contributed by atoms with Gasteiger partial charge in [0, 0.05) is 11.2 Å². The second kappa shape index (κ2) is 4.35. The minimum Gasteiger partial charge on any atom is -0.102 e. The first-order chi connectivity index (χ1) is 5.38. The molecule has 0 spiro atoms. The molecule has 0 radical (unpaired) electrons. The largest absolute Gasteiger partial charge is 0.102 e. The maximum atomic E-state index is 3.78. The van der Waals surface area contributed by atoms with E-state index in [1.807, 2.05) is 12.1 Å². The van der Waals surface area contributed by atoms with Crippen molar-refractivity contribution in [1.82, 2.24) is 0 Å². The first kappa shape index (κ1) is 8.54. The summed E-state index contributed by atoms with van der Waals surface area (Å²) in [4.78, 5) is 0. The number of hydrogen-bond donors (Lipinski definition) is 0. The van der Waals surface area contributed by atoms with Gasteiger partial charge in [-0.05, 0) is 5.56 Å². The van der Waals surface area contributed by atoms with Gasteiger partial charge in [0.2, 0.25) is 0 Å². The Balaban J connectivity index is 2.82. The van der Waals surface area contributed by atoms with Crippen molar-refractivity contribution in [3.05, 3.63) is 48.6 Å². The normalized spacial score (nSPS) is 12.5. The van der Waals surface area contributed by atoms with Crippen LogP contribution >= 0.6 is 15.9 Å². The number of allylic oxidation sites excluding steroid dienone is 1. The Kier molecular flexibility index (Phi) is 3.37. The van der Waals surface area contributed by atoms with E-state index in [4.69, 9.17) is 0 Å². The Bertz CT molecular complexity index is 216. The molecule has 0 aliphatic rings. The standard InChI is InChI=1S/C10H11Br/c1-2-9(8-11)10-6-4-3-5-7-10/h2-7,9H,1,8H2/t9-/m0/s1. The van der Waals surface area contributed by atoms with E-state index < -0.39 is 0 Å². The molecule has 1 aromatic carbocycles. The number of benzene rings is 1. The van der Waals surface area contributed by atoms with Gasteiger partial charge in [-0.3, -0.25) is 0 Å². The van der Waals surface area contributed by atoms with Crippen LogP contribution in [0.1, 0.15) is 11.5 Å². The lowest BCUT2D eigenvalue weighted by molar-refractivity contribution is 0.996. The highest BCUT2D eigenvalue weighted by Crippen LogP contribution is 2.18. The lowest BCUT2D eigenvalue weighted by atomic mass is 10.0. The van der Waals surface area contributed by atoms with Crippen LogP contribution < -0.4 is 0 Å². The Morgan fingerprint density at radius 1 is 1.36 bits per heavy atom. The van der Waals surface area contributed by atoms with E-state index in [0.717, 1.165) is 5.33 Å². The van der Waals surface area contributed by atoms with Crippen molar-refractivity contribution in [2.75, 3.05) is 5.33 Å². The molecule has 0 bridgehead atoms. The van der Waals surface area contributed by atoms with Gasteiger partial charge < -0.3 is 0 Å². The predicted octanol–water partition coefficient (Wildman–Crippen LogP) is 3.35. The monoisotopic (exact) mass is 210 g/mol. The van der Waals surface area contributed by atoms with Crippen molar-refractivity contribution in [2.24, 2.45) is 0 Å². The summed E-state index contributed by atoms with van der Waals surface area (Å²) in [5, 5.41) is 0.945. The van der Waals surface area contributed by atoms with Crippen molar-refractivity contribution in [2.45, 2.75) is 5.92 Å². The topological polar surface area (TPSA) is 0 Å². The van der Waals surface area contributed by atoms with Gasteiger partial charge in [0.1, 0.15) is 0 Å². The zero-order valence-corrected chi connectivity index (χ0v) is 7.92. The van der Waals surface area contributed by atoms with Crippen LogP contribution in [0.3, 0.4) is 0 Å². The summed E-state index contributed by atoms with van der Waals surface area (Å²) in [5.74, 6) is 0.441. The van der Waals surface area contributed by atoms with E-state index in [0.29, 0.717) is 5.92 Å². The quantitative estimate of drug-likeness (QED) is 0.531. The molecule has 0 fully saturated rings. The molecule has 58 valence electrons. The molecule has 11 heavy (non-hydrogen) atoms. The number of halogens is 1. The SMILES string of the molecule is C=C[C@@H](CBr)c1ccccc1. The van der Waals surface area contributed by atoms with E-state index in [9.17, 15) is 0 Å². The zero-order valence-electron chi connectivity index (χ0n) is 6.33. The highest BCUT2D eigenvalue weighted by molar-refractivity contribution is 9.09. The van der Waals surface area contributed by atoms with Gasteiger partial charge in [0.25, 0.3) is 0 Å². The highest BCUT2D eigenvalue weighted by atomic mass is 79.9. The smallest absolute Gasteiger partial charge is 0.0135 e. The molecule has 1 rings (SSSR count). The molecule has 0 unspecified atom stereocenters. The molecule has 0 aliphatic carbocycles. The summed E-state index contributed by atoms with van der Waals surface area (Å²) < 4.78 is 0. The average molecular weight is 211 g/mol. The second-order valence-electron chi connectivity index (χ2n) is 2.41. The van der Waals surface area contributed by atoms with Crippen LogP contribution in [0.4, 0.5) is 0 Å². The third kappa shape index (κ3) is 2.19. The Labute approximate surface area is 76.1 Å². The van der Waals surface area contributed by atoms with Crippen LogP contribution in [0.25, 0.3) is 0 Å². The molecule has 0 aromatic heterocycles. The van der Waals surface area contributed by atoms with Gasteiger partial charge in [0.05, 0.1) is 0 Å². The van der Waals surface area contributed by atoms with Gasteiger partial charge in [-0.2, -0.15) is 0 Å². The molecular formula is C10H11Br. The summed E-state index contributed by atoms with van der Waals surface area (Å²) in [7, 11) is 0. The van der Waals surface area contributed by atoms with E-state index in [1.54, 1.807) is 0 Å². The fourth-order valence-electron chi connectivity index (χ4n) is 0.988. The van der Waals surface area contributed by atoms with Gasteiger partial charge in [-0.1, -0.05) is 52.3 Å². The number of rotatable bonds is 3. The van der Waals surface area contributed by atoms with Gasteiger partial charge >= 0.3 is 0 Å². The van der Waals surface area contributed by atoms with Crippen molar-refractivity contribution in [3.8, 4) is 0 Å². The van der Waals surface area contributed by atoms with E-state index in [2.05, 4.69) is 46.8 Å². The van der Waals surface area contributed by atoms with Gasteiger partial charge in [-0.15, -0.1) is 6.58 Å². The fraction of sp³-hybridized carbons (Fsp3) is 0.200. The van der Waals surface area contributed by atoms with Crippen molar-refractivity contribution in [1.29, 1.82) is 0 Å². The Morgan fingerprint density at radius 3 is 2.45 bits per heavy atom. The van der Waals surface area contributed by atoms with Crippen molar-refractivity contribution < 1.29 is 0 Å². The maximum absolute atomic E-state index is 3.78. The molecule has 0 N–H and O–H groups in total. The molecule has 0 aliphatic heterocycles. The molecule has 1 aromatic rings. The van der Waals surface area contributed by atoms with Crippen LogP contribution in [0.15, 0.2) is 43.0 Å². The molecule has 0 amide bonds. The summed E-state index contributed by atoms with van der Waals surface area (Å²) in [6, 6.07) is 10.4. The molecular weight excluding hydrogens is 200 g/mol. The summed E-state index contributed by atoms with van der Waals surface area (Å²) in [6.07, 6.45) is 1.96. The third-order valence-corrected chi connectivity index (χ3v) is 2.38. The molecule has 1 heteroatoms. The lowest BCUT2D eigenvalue weighted by Crippen LogP contribution is -1.94. The first-order valence-corrected chi connectivity index (χ1v) is 4.74. The number of hydrogen-bond acceptors (Lipinski definition) is 0. The highest BCUT2D eigenvalue weighted by Gasteiger charge is 2.02. The minimum atomic E-state index is 0.441. The lowest BCUT2D eigenvalue weighted by Gasteiger charge is -2.07. The molecule has 0 saturated heterocycles. The molecule has 0 saturated carbocycles. The second-order valence-corrected chi connectivity index (χ2v) is 3.05. The van der Waals surface area contributed by atoms with E-state index >= 15 is 0 Å². The van der Waals surface area contributed by atoms with E-state index in [-0.39, 0.29) is 0 Å². The number of alkyl halides is 1. The van der Waals surface area contributed by atoms with Crippen LogP contribution in [0.2, 0.25) is 0 Å². The van der Waals surface area contributed by atoms with Crippen molar-refractivity contribution in [3.63, 3.8) is 0 Å². The summed E-state index contributed by atoms with van der Waals surface area (Å²) >= 11 is 3.44. The van der Waals surface area contributed by atoms with Crippen LogP contribution in [0, 0.1) is 0 Å².